The Kier molecular flexibility index (Phi) is 6.67. The highest BCUT2D eigenvalue weighted by molar-refractivity contribution is 6.00. The van der Waals surface area contributed by atoms with Gasteiger partial charge in [-0.25, -0.2) is 4.98 Å². The number of benzene rings is 2. The Morgan fingerprint density at radius 2 is 1.74 bits per heavy atom. The summed E-state index contributed by atoms with van der Waals surface area (Å²) in [5, 5.41) is 5.69. The Morgan fingerprint density at radius 3 is 2.39 bits per heavy atom. The summed E-state index contributed by atoms with van der Waals surface area (Å²) >= 11 is 0. The topological polar surface area (TPSA) is 123 Å². The molecular weight excluding hydrogens is 390 g/mol. The fourth-order valence-electron chi connectivity index (χ4n) is 3.24. The maximum atomic E-state index is 12.5. The molecule has 1 atom stereocenters. The Morgan fingerprint density at radius 1 is 1.03 bits per heavy atom. The minimum Gasteiger partial charge on any atom is -0.383 e. The zero-order valence-corrected chi connectivity index (χ0v) is 17.8. The molecule has 1 heterocycles. The van der Waals surface area contributed by atoms with Crippen molar-refractivity contribution in [3.8, 4) is 11.1 Å². The summed E-state index contributed by atoms with van der Waals surface area (Å²) in [7, 11) is 0. The number of nitrogens with two attached hydrogens (primary N) is 2. The van der Waals surface area contributed by atoms with Gasteiger partial charge in [-0.3, -0.25) is 9.59 Å². The highest BCUT2D eigenvalue weighted by atomic mass is 16.2. The molecule has 160 valence electrons. The molecule has 0 saturated carbocycles. The van der Waals surface area contributed by atoms with Crippen molar-refractivity contribution in [2.45, 2.75) is 32.9 Å². The van der Waals surface area contributed by atoms with Crippen LogP contribution in [0.1, 0.15) is 41.4 Å². The fraction of sp³-hybridized carbons (Fsp3) is 0.208. The second-order valence-corrected chi connectivity index (χ2v) is 7.69. The Balaban J connectivity index is 1.81. The summed E-state index contributed by atoms with van der Waals surface area (Å²) in [4.78, 5) is 29.1. The number of nitrogens with zero attached hydrogens (tertiary/aromatic N) is 1. The molecule has 2 aromatic carbocycles. The molecular formula is C24H27N5O2. The van der Waals surface area contributed by atoms with Gasteiger partial charge in [0, 0.05) is 23.5 Å². The highest BCUT2D eigenvalue weighted by Gasteiger charge is 2.17. The van der Waals surface area contributed by atoms with Crippen LogP contribution in [0.2, 0.25) is 0 Å². The third-order valence-corrected chi connectivity index (χ3v) is 4.83. The molecule has 0 aliphatic carbocycles. The van der Waals surface area contributed by atoms with E-state index in [9.17, 15) is 9.59 Å². The van der Waals surface area contributed by atoms with E-state index < -0.39 is 6.04 Å². The van der Waals surface area contributed by atoms with Crippen LogP contribution in [0, 0.1) is 6.92 Å². The van der Waals surface area contributed by atoms with Gasteiger partial charge >= 0.3 is 0 Å². The minimum absolute atomic E-state index is 0.0116. The Labute approximate surface area is 181 Å². The van der Waals surface area contributed by atoms with E-state index in [4.69, 9.17) is 11.5 Å². The van der Waals surface area contributed by atoms with Gasteiger partial charge in [0.1, 0.15) is 11.9 Å². The van der Waals surface area contributed by atoms with E-state index in [1.807, 2.05) is 63.2 Å². The predicted octanol–water partition coefficient (Wildman–Crippen LogP) is 3.42. The second-order valence-electron chi connectivity index (χ2n) is 7.69. The van der Waals surface area contributed by atoms with Gasteiger partial charge in [0.15, 0.2) is 0 Å². The molecule has 0 aliphatic heterocycles. The molecule has 0 aliphatic rings. The van der Waals surface area contributed by atoms with E-state index in [-0.39, 0.29) is 23.7 Å². The molecule has 3 aromatic rings. The number of aromatic nitrogens is 1. The van der Waals surface area contributed by atoms with Gasteiger partial charge in [-0.15, -0.1) is 0 Å². The normalized spacial score (nSPS) is 11.8. The highest BCUT2D eigenvalue weighted by Crippen LogP contribution is 2.28. The monoisotopic (exact) mass is 417 g/mol. The first-order valence-corrected chi connectivity index (χ1v) is 10.0. The van der Waals surface area contributed by atoms with Crippen molar-refractivity contribution >= 4 is 23.3 Å². The number of carbonyl (C=O) groups excluding carboxylic acids is 2. The molecule has 7 nitrogen and oxygen atoms in total. The van der Waals surface area contributed by atoms with Crippen molar-refractivity contribution in [1.82, 2.24) is 10.3 Å². The van der Waals surface area contributed by atoms with Crippen molar-refractivity contribution < 1.29 is 9.59 Å². The molecule has 0 spiro atoms. The number of nitrogens with one attached hydrogen (secondary N) is 2. The van der Waals surface area contributed by atoms with Crippen molar-refractivity contribution in [3.63, 3.8) is 0 Å². The molecule has 31 heavy (non-hydrogen) atoms. The van der Waals surface area contributed by atoms with E-state index >= 15 is 0 Å². The number of hydrogen-bond acceptors (Lipinski definition) is 5. The summed E-state index contributed by atoms with van der Waals surface area (Å²) in [6.07, 6.45) is 1.63. The van der Waals surface area contributed by atoms with E-state index in [1.165, 1.54) is 0 Å². The number of hydrogen-bond donors (Lipinski definition) is 4. The number of anilines is 2. The molecule has 0 fully saturated rings. The van der Waals surface area contributed by atoms with E-state index in [0.717, 1.165) is 22.3 Å². The van der Waals surface area contributed by atoms with Crippen molar-refractivity contribution in [2.24, 2.45) is 5.73 Å². The molecule has 0 bridgehead atoms. The smallest absolute Gasteiger partial charge is 0.255 e. The van der Waals surface area contributed by atoms with Crippen molar-refractivity contribution in [3.05, 3.63) is 77.5 Å². The van der Waals surface area contributed by atoms with Gasteiger partial charge in [-0.2, -0.15) is 0 Å². The lowest BCUT2D eigenvalue weighted by Crippen LogP contribution is -2.30. The van der Waals surface area contributed by atoms with E-state index in [2.05, 4.69) is 15.6 Å². The van der Waals surface area contributed by atoms with Crippen LogP contribution in [0.5, 0.6) is 0 Å². The fourth-order valence-corrected chi connectivity index (χ4v) is 3.24. The average molecular weight is 418 g/mol. The lowest BCUT2D eigenvalue weighted by atomic mass is 9.99. The number of rotatable bonds is 6. The first-order chi connectivity index (χ1) is 14.8. The standard InChI is InChI=1S/C24H27N5O2/c1-14(2)28-23(30)20-12-17(13-27-22(20)26)19-10-9-18(11-15(19)3)29-24(31)21(25)16-7-5-4-6-8-16/h4-14,21H,25H2,1-3H3,(H2,26,27)(H,28,30)(H,29,31)/t21-/m0/s1. The van der Waals surface area contributed by atoms with Crippen LogP contribution in [0.15, 0.2) is 60.8 Å². The largest absolute Gasteiger partial charge is 0.383 e. The van der Waals surface area contributed by atoms with Crippen LogP contribution in [0.4, 0.5) is 11.5 Å². The number of amides is 2. The first-order valence-electron chi connectivity index (χ1n) is 10.0. The van der Waals surface area contributed by atoms with Gasteiger partial charge in [0.05, 0.1) is 5.56 Å². The summed E-state index contributed by atoms with van der Waals surface area (Å²) in [6.45, 7) is 5.69. The molecule has 2 amide bonds. The predicted molar refractivity (Wildman–Crippen MR) is 123 cm³/mol. The zero-order chi connectivity index (χ0) is 22.5. The van der Waals surface area contributed by atoms with Gasteiger partial charge in [0.25, 0.3) is 5.91 Å². The molecule has 3 rings (SSSR count). The molecule has 0 saturated heterocycles. The van der Waals surface area contributed by atoms with E-state index in [0.29, 0.717) is 11.3 Å². The van der Waals surface area contributed by atoms with Crippen LogP contribution in [-0.2, 0) is 4.79 Å². The maximum Gasteiger partial charge on any atom is 0.255 e. The minimum atomic E-state index is -0.760. The van der Waals surface area contributed by atoms with E-state index in [1.54, 1.807) is 18.3 Å². The molecule has 1 aromatic heterocycles. The molecule has 6 N–H and O–H groups in total. The quantitative estimate of drug-likeness (QED) is 0.489. The van der Waals surface area contributed by atoms with Crippen LogP contribution in [-0.4, -0.2) is 22.8 Å². The lowest BCUT2D eigenvalue weighted by Gasteiger charge is -2.15. The van der Waals surface area contributed by atoms with Crippen molar-refractivity contribution in [1.29, 1.82) is 0 Å². The average Bonchev–Trinajstić information content (AvgIpc) is 2.74. The first kappa shape index (κ1) is 22.0. The zero-order valence-electron chi connectivity index (χ0n) is 17.8. The summed E-state index contributed by atoms with van der Waals surface area (Å²) < 4.78 is 0. The molecule has 7 heteroatoms. The Hall–Kier alpha value is -3.71. The number of pyridine rings is 1. The van der Waals surface area contributed by atoms with Crippen LogP contribution >= 0.6 is 0 Å². The third-order valence-electron chi connectivity index (χ3n) is 4.83. The van der Waals surface area contributed by atoms with Gasteiger partial charge in [-0.05, 0) is 55.7 Å². The lowest BCUT2D eigenvalue weighted by molar-refractivity contribution is -0.117. The summed E-state index contributed by atoms with van der Waals surface area (Å²) in [6, 6.07) is 15.7. The maximum absolute atomic E-state index is 12.5. The third kappa shape index (κ3) is 5.26. The Bertz CT molecular complexity index is 1100. The van der Waals surface area contributed by atoms with Crippen LogP contribution in [0.25, 0.3) is 11.1 Å². The summed E-state index contributed by atoms with van der Waals surface area (Å²) in [5.41, 5.74) is 16.2. The number of nitrogen functional groups attached to an aromatic ring is 1. The van der Waals surface area contributed by atoms with Gasteiger partial charge in [0.2, 0.25) is 5.91 Å². The molecule has 0 unspecified atom stereocenters. The van der Waals surface area contributed by atoms with Crippen LogP contribution < -0.4 is 22.1 Å². The number of aryl methyl sites for hydroxylation is 1. The molecule has 0 radical (unpaired) electrons. The summed E-state index contributed by atoms with van der Waals surface area (Å²) in [5.74, 6) is -0.378. The van der Waals surface area contributed by atoms with Gasteiger partial charge in [-0.1, -0.05) is 36.4 Å². The number of carbonyl (C=O) groups is 2. The second kappa shape index (κ2) is 9.40. The van der Waals surface area contributed by atoms with Crippen LogP contribution in [0.3, 0.4) is 0 Å². The van der Waals surface area contributed by atoms with Crippen molar-refractivity contribution in [2.75, 3.05) is 11.1 Å². The SMILES string of the molecule is Cc1cc(NC(=O)[C@@H](N)c2ccccc2)ccc1-c1cnc(N)c(C(=O)NC(C)C)c1. The van der Waals surface area contributed by atoms with Gasteiger partial charge < -0.3 is 22.1 Å².